The van der Waals surface area contributed by atoms with E-state index in [2.05, 4.69) is 91.5 Å². The molecule has 0 saturated heterocycles. The number of esters is 1. The highest BCUT2D eigenvalue weighted by molar-refractivity contribution is 5.76. The number of nitrogens with zero attached hydrogens (tertiary/aromatic N) is 1. The predicted molar refractivity (Wildman–Crippen MR) is 134 cm³/mol. The van der Waals surface area contributed by atoms with Gasteiger partial charge >= 0.3 is 5.97 Å². The van der Waals surface area contributed by atoms with Gasteiger partial charge in [-0.2, -0.15) is 0 Å². The number of aryl methyl sites for hydroxylation is 1. The minimum atomic E-state index is -0.512. The van der Waals surface area contributed by atoms with E-state index in [4.69, 9.17) is 4.74 Å². The fourth-order valence-corrected chi connectivity index (χ4v) is 4.96. The number of benzene rings is 3. The summed E-state index contributed by atoms with van der Waals surface area (Å²) in [6.07, 6.45) is 0.712. The minimum absolute atomic E-state index is 0.0501. The van der Waals surface area contributed by atoms with E-state index in [0.29, 0.717) is 6.42 Å². The zero-order valence-corrected chi connectivity index (χ0v) is 20.4. The third-order valence-corrected chi connectivity index (χ3v) is 6.49. The molecule has 3 heteroatoms. The lowest BCUT2D eigenvalue weighted by atomic mass is 9.94. The van der Waals surface area contributed by atoms with Gasteiger partial charge in [-0.15, -0.1) is 0 Å². The van der Waals surface area contributed by atoms with Gasteiger partial charge in [0.1, 0.15) is 5.60 Å². The predicted octanol–water partition coefficient (Wildman–Crippen LogP) is 6.81. The van der Waals surface area contributed by atoms with Gasteiger partial charge in [0.2, 0.25) is 0 Å². The summed E-state index contributed by atoms with van der Waals surface area (Å²) in [5.74, 6) is -0.351. The first-order chi connectivity index (χ1) is 15.7. The van der Waals surface area contributed by atoms with E-state index >= 15 is 0 Å². The SMILES string of the molecule is Cc1ccc2c(c1)C[C@@H](C(=O)OC(C)(C)C)[C@@H]2N(Cc1ccccc1)[C@H](C)c1ccccc1. The summed E-state index contributed by atoms with van der Waals surface area (Å²) in [6, 6.07) is 27.8. The van der Waals surface area contributed by atoms with Crippen LogP contribution >= 0.6 is 0 Å². The number of ether oxygens (including phenoxy) is 1. The molecule has 1 aliphatic rings. The topological polar surface area (TPSA) is 29.5 Å². The van der Waals surface area contributed by atoms with Gasteiger partial charge in [0.05, 0.1) is 5.92 Å². The Morgan fingerprint density at radius 3 is 2.27 bits per heavy atom. The van der Waals surface area contributed by atoms with Crippen LogP contribution in [0.15, 0.2) is 78.9 Å². The van der Waals surface area contributed by atoms with E-state index < -0.39 is 5.60 Å². The van der Waals surface area contributed by atoms with Gasteiger partial charge in [-0.1, -0.05) is 84.4 Å². The van der Waals surface area contributed by atoms with Gasteiger partial charge in [-0.25, -0.2) is 0 Å². The molecule has 172 valence electrons. The van der Waals surface area contributed by atoms with Crippen LogP contribution in [0, 0.1) is 12.8 Å². The van der Waals surface area contributed by atoms with Crippen molar-refractivity contribution >= 4 is 5.97 Å². The van der Waals surface area contributed by atoms with Gasteiger partial charge in [0.25, 0.3) is 0 Å². The summed E-state index contributed by atoms with van der Waals surface area (Å²) < 4.78 is 5.93. The van der Waals surface area contributed by atoms with Crippen molar-refractivity contribution in [2.24, 2.45) is 5.92 Å². The maximum atomic E-state index is 13.5. The monoisotopic (exact) mass is 441 g/mol. The van der Waals surface area contributed by atoms with E-state index in [0.717, 1.165) is 6.54 Å². The molecule has 0 spiro atoms. The lowest BCUT2D eigenvalue weighted by molar-refractivity contribution is -0.162. The zero-order valence-electron chi connectivity index (χ0n) is 20.4. The average Bonchev–Trinajstić information content (AvgIpc) is 3.15. The molecule has 0 unspecified atom stereocenters. The van der Waals surface area contributed by atoms with Crippen LogP contribution in [0.4, 0.5) is 0 Å². The normalized spacial score (nSPS) is 18.7. The largest absolute Gasteiger partial charge is 0.460 e. The fourth-order valence-electron chi connectivity index (χ4n) is 4.96. The molecule has 4 rings (SSSR count). The van der Waals surface area contributed by atoms with Crippen LogP contribution in [0.2, 0.25) is 0 Å². The van der Waals surface area contributed by atoms with Gasteiger partial charge in [0.15, 0.2) is 0 Å². The molecule has 0 radical (unpaired) electrons. The lowest BCUT2D eigenvalue weighted by Crippen LogP contribution is -2.39. The molecule has 0 fully saturated rings. The molecule has 0 amide bonds. The molecule has 0 aromatic heterocycles. The first kappa shape index (κ1) is 23.3. The third-order valence-electron chi connectivity index (χ3n) is 6.49. The second-order valence-corrected chi connectivity index (χ2v) is 10.2. The summed E-state index contributed by atoms with van der Waals surface area (Å²) in [6.45, 7) is 11.0. The maximum Gasteiger partial charge on any atom is 0.311 e. The van der Waals surface area contributed by atoms with E-state index in [1.54, 1.807) is 0 Å². The van der Waals surface area contributed by atoms with Gasteiger partial charge in [-0.3, -0.25) is 9.69 Å². The van der Waals surface area contributed by atoms with Crippen molar-refractivity contribution in [2.45, 2.75) is 65.3 Å². The molecule has 1 aliphatic carbocycles. The fraction of sp³-hybridized carbons (Fsp3) is 0.367. The standard InChI is InChI=1S/C30H35NO2/c1-21-16-17-26-25(18-21)19-27(29(32)33-30(3,4)5)28(26)31(20-23-12-8-6-9-13-23)22(2)24-14-10-7-11-15-24/h6-18,22,27-28H,19-20H2,1-5H3/t22-,27-,28-/m1/s1. The van der Waals surface area contributed by atoms with E-state index in [1.165, 1.54) is 27.8 Å². The van der Waals surface area contributed by atoms with Gasteiger partial charge < -0.3 is 4.74 Å². The first-order valence-electron chi connectivity index (χ1n) is 11.9. The van der Waals surface area contributed by atoms with Gasteiger partial charge in [-0.05, 0) is 63.3 Å². The van der Waals surface area contributed by atoms with Crippen LogP contribution in [0.1, 0.15) is 67.6 Å². The second-order valence-electron chi connectivity index (χ2n) is 10.2. The Morgan fingerprint density at radius 2 is 1.64 bits per heavy atom. The number of rotatable bonds is 6. The van der Waals surface area contributed by atoms with Crippen molar-refractivity contribution in [3.63, 3.8) is 0 Å². The van der Waals surface area contributed by atoms with E-state index in [1.807, 2.05) is 26.8 Å². The van der Waals surface area contributed by atoms with Crippen LogP contribution in [0.3, 0.4) is 0 Å². The highest BCUT2D eigenvalue weighted by Crippen LogP contribution is 2.45. The summed E-state index contributed by atoms with van der Waals surface area (Å²) in [7, 11) is 0. The van der Waals surface area contributed by atoms with Crippen molar-refractivity contribution in [2.75, 3.05) is 0 Å². The van der Waals surface area contributed by atoms with Crippen molar-refractivity contribution in [3.05, 3.63) is 107 Å². The highest BCUT2D eigenvalue weighted by atomic mass is 16.6. The molecule has 3 aromatic rings. The molecule has 0 heterocycles. The van der Waals surface area contributed by atoms with Crippen molar-refractivity contribution in [3.8, 4) is 0 Å². The minimum Gasteiger partial charge on any atom is -0.460 e. The summed E-state index contributed by atoms with van der Waals surface area (Å²) in [5.41, 5.74) is 5.70. The Bertz CT molecular complexity index is 1090. The summed E-state index contributed by atoms with van der Waals surface area (Å²) >= 11 is 0. The average molecular weight is 442 g/mol. The van der Waals surface area contributed by atoms with Crippen LogP contribution in [-0.4, -0.2) is 16.5 Å². The van der Waals surface area contributed by atoms with Crippen LogP contribution in [-0.2, 0) is 22.5 Å². The lowest BCUT2D eigenvalue weighted by Gasteiger charge is -2.38. The zero-order chi connectivity index (χ0) is 23.6. The summed E-state index contributed by atoms with van der Waals surface area (Å²) in [4.78, 5) is 16.0. The molecule has 3 nitrogen and oxygen atoms in total. The third kappa shape index (κ3) is 5.36. The van der Waals surface area contributed by atoms with Crippen LogP contribution in [0.5, 0.6) is 0 Å². The molecule has 3 aromatic carbocycles. The Balaban J connectivity index is 1.79. The van der Waals surface area contributed by atoms with Crippen LogP contribution in [0.25, 0.3) is 0 Å². The number of carbonyl (C=O) groups is 1. The van der Waals surface area contributed by atoms with Gasteiger partial charge in [0, 0.05) is 18.6 Å². The second kappa shape index (κ2) is 9.52. The molecular formula is C30H35NO2. The van der Waals surface area contributed by atoms with Crippen LogP contribution < -0.4 is 0 Å². The molecule has 0 saturated carbocycles. The molecule has 0 bridgehead atoms. The number of carbonyl (C=O) groups excluding carboxylic acids is 1. The van der Waals surface area contributed by atoms with E-state index in [-0.39, 0.29) is 24.0 Å². The number of fused-ring (bicyclic) bond motifs is 1. The van der Waals surface area contributed by atoms with Crippen molar-refractivity contribution in [1.82, 2.24) is 4.90 Å². The highest BCUT2D eigenvalue weighted by Gasteiger charge is 2.44. The Morgan fingerprint density at radius 1 is 1.00 bits per heavy atom. The maximum absolute atomic E-state index is 13.5. The number of hydrogen-bond acceptors (Lipinski definition) is 3. The number of hydrogen-bond donors (Lipinski definition) is 0. The Hall–Kier alpha value is -2.91. The Labute approximate surface area is 198 Å². The molecule has 3 atom stereocenters. The Kier molecular flexibility index (Phi) is 6.71. The van der Waals surface area contributed by atoms with E-state index in [9.17, 15) is 4.79 Å². The van der Waals surface area contributed by atoms with Crippen molar-refractivity contribution < 1.29 is 9.53 Å². The quantitative estimate of drug-likeness (QED) is 0.393. The molecule has 33 heavy (non-hydrogen) atoms. The molecule has 0 aliphatic heterocycles. The van der Waals surface area contributed by atoms with Crippen molar-refractivity contribution in [1.29, 1.82) is 0 Å². The first-order valence-corrected chi connectivity index (χ1v) is 11.9. The molecule has 0 N–H and O–H groups in total. The smallest absolute Gasteiger partial charge is 0.311 e. The molecular weight excluding hydrogens is 406 g/mol. The summed E-state index contributed by atoms with van der Waals surface area (Å²) in [5, 5.41) is 0.